The monoisotopic (exact) mass is 322 g/mol. The Morgan fingerprint density at radius 3 is 1.33 bits per heavy atom. The van der Waals surface area contributed by atoms with Crippen LogP contribution >= 0.6 is 0 Å². The van der Waals surface area contributed by atoms with Crippen LogP contribution in [0.2, 0.25) is 0 Å². The van der Waals surface area contributed by atoms with Crippen molar-refractivity contribution >= 4 is 0 Å². The molecule has 0 amide bonds. The molecule has 0 saturated carbocycles. The van der Waals surface area contributed by atoms with Crippen LogP contribution in [-0.4, -0.2) is 14.2 Å². The van der Waals surface area contributed by atoms with Gasteiger partial charge in [0.15, 0.2) is 5.67 Å². The van der Waals surface area contributed by atoms with Crippen LogP contribution < -0.4 is 9.47 Å². The third kappa shape index (κ3) is 2.85. The van der Waals surface area contributed by atoms with E-state index >= 15 is 4.39 Å². The lowest BCUT2D eigenvalue weighted by Gasteiger charge is -2.27. The zero-order chi connectivity index (χ0) is 17.0. The van der Waals surface area contributed by atoms with Crippen LogP contribution in [-0.2, 0) is 5.67 Å². The van der Waals surface area contributed by atoms with Gasteiger partial charge in [0.1, 0.15) is 11.5 Å². The van der Waals surface area contributed by atoms with Crippen LogP contribution in [0, 0.1) is 0 Å². The molecule has 0 aliphatic carbocycles. The van der Waals surface area contributed by atoms with Gasteiger partial charge in [0.05, 0.1) is 14.2 Å². The number of rotatable bonds is 5. The Hall–Kier alpha value is -2.81. The van der Waals surface area contributed by atoms with Crippen LogP contribution in [0.1, 0.15) is 16.7 Å². The fourth-order valence-corrected chi connectivity index (χ4v) is 2.81. The average molecular weight is 322 g/mol. The molecule has 0 saturated heterocycles. The first-order valence-electron chi connectivity index (χ1n) is 7.72. The predicted octanol–water partition coefficient (Wildman–Crippen LogP) is 4.97. The number of hydrogen-bond donors (Lipinski definition) is 0. The molecule has 0 radical (unpaired) electrons. The van der Waals surface area contributed by atoms with Crippen molar-refractivity contribution in [1.82, 2.24) is 0 Å². The SMILES string of the molecule is COc1ccc(C(F)(c2ccccc2)c2ccc(OC)cc2)cc1. The van der Waals surface area contributed by atoms with Crippen LogP contribution in [0.15, 0.2) is 78.9 Å². The van der Waals surface area contributed by atoms with Crippen LogP contribution in [0.25, 0.3) is 0 Å². The normalized spacial score (nSPS) is 11.1. The van der Waals surface area contributed by atoms with E-state index in [2.05, 4.69) is 0 Å². The lowest BCUT2D eigenvalue weighted by molar-refractivity contribution is 0.280. The van der Waals surface area contributed by atoms with Gasteiger partial charge in [0.25, 0.3) is 0 Å². The molecule has 122 valence electrons. The van der Waals surface area contributed by atoms with Crippen molar-refractivity contribution in [2.75, 3.05) is 14.2 Å². The molecule has 0 aromatic heterocycles. The van der Waals surface area contributed by atoms with Gasteiger partial charge in [0.2, 0.25) is 0 Å². The quantitative estimate of drug-likeness (QED) is 0.618. The number of halogens is 1. The minimum absolute atomic E-state index is 0.555. The molecule has 2 nitrogen and oxygen atoms in total. The van der Waals surface area contributed by atoms with Gasteiger partial charge in [0, 0.05) is 0 Å². The van der Waals surface area contributed by atoms with Gasteiger partial charge in [-0.1, -0.05) is 54.6 Å². The number of benzene rings is 3. The summed E-state index contributed by atoms with van der Waals surface area (Å²) in [4.78, 5) is 0. The minimum Gasteiger partial charge on any atom is -0.497 e. The smallest absolute Gasteiger partial charge is 0.186 e. The summed E-state index contributed by atoms with van der Waals surface area (Å²) in [7, 11) is 3.19. The summed E-state index contributed by atoms with van der Waals surface area (Å²) in [5, 5.41) is 0. The van der Waals surface area contributed by atoms with Crippen LogP contribution in [0.5, 0.6) is 11.5 Å². The molecule has 24 heavy (non-hydrogen) atoms. The van der Waals surface area contributed by atoms with Crippen LogP contribution in [0.3, 0.4) is 0 Å². The molecule has 0 fully saturated rings. The number of ether oxygens (including phenoxy) is 2. The second-order valence-electron chi connectivity index (χ2n) is 5.48. The fourth-order valence-electron chi connectivity index (χ4n) is 2.81. The van der Waals surface area contributed by atoms with Crippen molar-refractivity contribution in [2.24, 2.45) is 0 Å². The third-order valence-corrected chi connectivity index (χ3v) is 4.15. The maximum absolute atomic E-state index is 16.4. The molecular formula is C21H19FO2. The zero-order valence-electron chi connectivity index (χ0n) is 13.7. The van der Waals surface area contributed by atoms with E-state index < -0.39 is 5.67 Å². The molecule has 0 N–H and O–H groups in total. The van der Waals surface area contributed by atoms with Crippen molar-refractivity contribution in [2.45, 2.75) is 5.67 Å². The molecule has 0 unspecified atom stereocenters. The van der Waals surface area contributed by atoms with E-state index in [9.17, 15) is 0 Å². The molecule has 0 spiro atoms. The van der Waals surface area contributed by atoms with Crippen LogP contribution in [0.4, 0.5) is 4.39 Å². The molecule has 3 aromatic rings. The summed E-state index contributed by atoms with van der Waals surface area (Å²) in [6.45, 7) is 0. The van der Waals surface area contributed by atoms with Gasteiger partial charge < -0.3 is 9.47 Å². The van der Waals surface area contributed by atoms with E-state index in [0.717, 1.165) is 0 Å². The highest BCUT2D eigenvalue weighted by atomic mass is 19.1. The van der Waals surface area contributed by atoms with Gasteiger partial charge in [-0.25, -0.2) is 4.39 Å². The number of methoxy groups -OCH3 is 2. The Morgan fingerprint density at radius 2 is 0.958 bits per heavy atom. The van der Waals surface area contributed by atoms with Gasteiger partial charge in [-0.2, -0.15) is 0 Å². The summed E-state index contributed by atoms with van der Waals surface area (Å²) >= 11 is 0. The first-order valence-corrected chi connectivity index (χ1v) is 7.72. The third-order valence-electron chi connectivity index (χ3n) is 4.15. The van der Waals surface area contributed by atoms with Crippen molar-refractivity contribution in [3.63, 3.8) is 0 Å². The molecule has 3 rings (SSSR count). The molecule has 0 aliphatic rings. The van der Waals surface area contributed by atoms with Crippen molar-refractivity contribution < 1.29 is 13.9 Å². The maximum Gasteiger partial charge on any atom is 0.186 e. The van der Waals surface area contributed by atoms with Gasteiger partial charge >= 0.3 is 0 Å². The standard InChI is InChI=1S/C21H19FO2/c1-23-19-12-8-17(9-13-19)21(22,16-6-4-3-5-7-16)18-10-14-20(24-2)15-11-18/h3-15H,1-2H3. The molecule has 0 bridgehead atoms. The van der Waals surface area contributed by atoms with Crippen molar-refractivity contribution in [1.29, 1.82) is 0 Å². The fraction of sp³-hybridized carbons (Fsp3) is 0.143. The van der Waals surface area contributed by atoms with E-state index in [4.69, 9.17) is 9.47 Å². The largest absolute Gasteiger partial charge is 0.497 e. The van der Waals surface area contributed by atoms with E-state index in [-0.39, 0.29) is 0 Å². The Morgan fingerprint density at radius 1 is 0.583 bits per heavy atom. The second-order valence-corrected chi connectivity index (χ2v) is 5.48. The van der Waals surface area contributed by atoms with E-state index in [1.54, 1.807) is 74.9 Å². The highest BCUT2D eigenvalue weighted by Gasteiger charge is 2.36. The lowest BCUT2D eigenvalue weighted by Crippen LogP contribution is -2.23. The molecular weight excluding hydrogens is 303 g/mol. The lowest BCUT2D eigenvalue weighted by atomic mass is 9.82. The first kappa shape index (κ1) is 16.1. The average Bonchev–Trinajstić information content (AvgIpc) is 2.68. The van der Waals surface area contributed by atoms with E-state index in [0.29, 0.717) is 28.2 Å². The van der Waals surface area contributed by atoms with Gasteiger partial charge in [-0.15, -0.1) is 0 Å². The summed E-state index contributed by atoms with van der Waals surface area (Å²) < 4.78 is 26.7. The highest BCUT2D eigenvalue weighted by molar-refractivity contribution is 5.49. The Balaban J connectivity index is 2.16. The molecule has 0 atom stereocenters. The zero-order valence-corrected chi connectivity index (χ0v) is 13.7. The minimum atomic E-state index is -1.75. The predicted molar refractivity (Wildman–Crippen MR) is 93.4 cm³/mol. The summed E-state index contributed by atoms with van der Waals surface area (Å²) in [6, 6.07) is 23.3. The van der Waals surface area contributed by atoms with E-state index in [1.807, 2.05) is 18.2 Å². The van der Waals surface area contributed by atoms with Gasteiger partial charge in [-0.05, 0) is 41.0 Å². The molecule has 0 aliphatic heterocycles. The first-order chi connectivity index (χ1) is 11.7. The number of hydrogen-bond acceptors (Lipinski definition) is 2. The summed E-state index contributed by atoms with van der Waals surface area (Å²) in [6.07, 6.45) is 0. The highest BCUT2D eigenvalue weighted by Crippen LogP contribution is 2.41. The summed E-state index contributed by atoms with van der Waals surface area (Å²) in [5.41, 5.74) is -0.0561. The van der Waals surface area contributed by atoms with Crippen molar-refractivity contribution in [3.8, 4) is 11.5 Å². The Labute approximate surface area is 141 Å². The molecule has 3 aromatic carbocycles. The van der Waals surface area contributed by atoms with Gasteiger partial charge in [-0.3, -0.25) is 0 Å². The second kappa shape index (κ2) is 6.75. The van der Waals surface area contributed by atoms with E-state index in [1.165, 1.54) is 0 Å². The Kier molecular flexibility index (Phi) is 4.52. The molecule has 0 heterocycles. The topological polar surface area (TPSA) is 18.5 Å². The maximum atomic E-state index is 16.4. The van der Waals surface area contributed by atoms with Crippen molar-refractivity contribution in [3.05, 3.63) is 95.6 Å². The number of alkyl halides is 1. The molecule has 3 heteroatoms. The Bertz CT molecular complexity index is 733. The summed E-state index contributed by atoms with van der Waals surface area (Å²) in [5.74, 6) is 1.40.